The zero-order valence-electron chi connectivity index (χ0n) is 21.6. The van der Waals surface area contributed by atoms with Crippen LogP contribution in [0.1, 0.15) is 51.5 Å². The predicted octanol–water partition coefficient (Wildman–Crippen LogP) is 3.44. The quantitative estimate of drug-likeness (QED) is 0.566. The van der Waals surface area contributed by atoms with E-state index >= 15 is 0 Å². The van der Waals surface area contributed by atoms with Crippen LogP contribution in [0.25, 0.3) is 0 Å². The van der Waals surface area contributed by atoms with Gasteiger partial charge in [0, 0.05) is 55.7 Å². The molecule has 2 aliphatic heterocycles. The molecule has 37 heavy (non-hydrogen) atoms. The topological polar surface area (TPSA) is 77.6 Å². The highest BCUT2D eigenvalue weighted by atomic mass is 19.2. The average molecular weight is 514 g/mol. The van der Waals surface area contributed by atoms with Crippen molar-refractivity contribution in [2.45, 2.75) is 76.5 Å². The van der Waals surface area contributed by atoms with E-state index in [1.54, 1.807) is 12.4 Å². The van der Waals surface area contributed by atoms with Gasteiger partial charge in [-0.2, -0.15) is 0 Å². The van der Waals surface area contributed by atoms with Gasteiger partial charge < -0.3 is 15.5 Å². The predicted molar refractivity (Wildman–Crippen MR) is 139 cm³/mol. The molecule has 2 fully saturated rings. The summed E-state index contributed by atoms with van der Waals surface area (Å²) in [5, 5.41) is 5.98. The first-order valence-electron chi connectivity index (χ1n) is 13.2. The van der Waals surface area contributed by atoms with Crippen LogP contribution >= 0.6 is 0 Å². The van der Waals surface area contributed by atoms with Crippen LogP contribution in [0, 0.1) is 11.6 Å². The fraction of sp³-hybridized carbons (Fsp3) is 0.536. The van der Waals surface area contributed by atoms with Crippen molar-refractivity contribution in [3.05, 3.63) is 59.9 Å². The molecule has 0 bridgehead atoms. The van der Waals surface area contributed by atoms with Gasteiger partial charge in [-0.1, -0.05) is 12.5 Å². The minimum Gasteiger partial charge on any atom is -0.371 e. The van der Waals surface area contributed by atoms with Crippen LogP contribution in [0.15, 0.2) is 42.7 Å². The summed E-state index contributed by atoms with van der Waals surface area (Å²) < 4.78 is 27.3. The van der Waals surface area contributed by atoms with Gasteiger partial charge in [0.1, 0.15) is 6.04 Å². The lowest BCUT2D eigenvalue weighted by Crippen LogP contribution is -2.55. The number of nitrogens with zero attached hydrogens (tertiary/aromatic N) is 3. The van der Waals surface area contributed by atoms with E-state index in [1.807, 2.05) is 12.1 Å². The number of nitrogens with one attached hydrogen (secondary N) is 2. The van der Waals surface area contributed by atoms with Crippen molar-refractivity contribution < 1.29 is 18.4 Å². The Morgan fingerprint density at radius 1 is 1.00 bits per heavy atom. The van der Waals surface area contributed by atoms with Crippen molar-refractivity contribution in [2.24, 2.45) is 0 Å². The van der Waals surface area contributed by atoms with Gasteiger partial charge in [0.25, 0.3) is 0 Å². The van der Waals surface area contributed by atoms with Gasteiger partial charge in [0.2, 0.25) is 11.8 Å². The number of hydrogen-bond acceptors (Lipinski definition) is 5. The van der Waals surface area contributed by atoms with Crippen LogP contribution in [0.5, 0.6) is 0 Å². The first-order valence-corrected chi connectivity index (χ1v) is 13.2. The Hall–Kier alpha value is -3.07. The van der Waals surface area contributed by atoms with Gasteiger partial charge in [-0.05, 0) is 69.4 Å². The minimum absolute atomic E-state index is 0.0305. The third kappa shape index (κ3) is 7.25. The summed E-state index contributed by atoms with van der Waals surface area (Å²) >= 11 is 0. The molecule has 200 valence electrons. The van der Waals surface area contributed by atoms with Crippen LogP contribution in [-0.2, 0) is 16.0 Å². The number of pyridine rings is 1. The molecule has 2 N–H and O–H groups in total. The smallest absolute Gasteiger partial charge is 0.243 e. The number of piperidine rings is 2. The molecular weight excluding hydrogens is 476 g/mol. The molecule has 0 unspecified atom stereocenters. The van der Waals surface area contributed by atoms with E-state index in [-0.39, 0.29) is 30.8 Å². The van der Waals surface area contributed by atoms with Gasteiger partial charge >= 0.3 is 0 Å². The number of anilines is 1. The van der Waals surface area contributed by atoms with Crippen molar-refractivity contribution in [1.82, 2.24) is 20.5 Å². The maximum Gasteiger partial charge on any atom is 0.243 e. The minimum atomic E-state index is -0.970. The SMILES string of the molecule is C[C@@H]1CCC[C@H](C)N1CC(=O)N[C@@H](Cc1ccc(F)c(F)c1)C(=O)NC1CCN(c2ccncc2)CC1. The van der Waals surface area contributed by atoms with Crippen molar-refractivity contribution in [1.29, 1.82) is 0 Å². The molecule has 2 amide bonds. The van der Waals surface area contributed by atoms with E-state index in [1.165, 1.54) is 6.07 Å². The Morgan fingerprint density at radius 3 is 2.32 bits per heavy atom. The zero-order chi connectivity index (χ0) is 26.4. The largest absolute Gasteiger partial charge is 0.371 e. The second-order valence-corrected chi connectivity index (χ2v) is 10.3. The number of carbonyl (C=O) groups is 2. The van der Waals surface area contributed by atoms with Gasteiger partial charge in [0.15, 0.2) is 11.6 Å². The zero-order valence-corrected chi connectivity index (χ0v) is 21.6. The maximum atomic E-state index is 13.9. The summed E-state index contributed by atoms with van der Waals surface area (Å²) in [5.41, 5.74) is 1.55. The third-order valence-corrected chi connectivity index (χ3v) is 7.65. The van der Waals surface area contributed by atoms with E-state index in [4.69, 9.17) is 0 Å². The number of amides is 2. The molecule has 0 saturated carbocycles. The monoisotopic (exact) mass is 513 g/mol. The van der Waals surface area contributed by atoms with E-state index < -0.39 is 17.7 Å². The fourth-order valence-electron chi connectivity index (χ4n) is 5.44. The summed E-state index contributed by atoms with van der Waals surface area (Å²) in [5.74, 6) is -2.46. The molecule has 3 heterocycles. The molecule has 2 aromatic rings. The van der Waals surface area contributed by atoms with Gasteiger partial charge in [-0.25, -0.2) is 8.78 Å². The molecule has 0 aliphatic carbocycles. The number of benzene rings is 1. The number of carbonyl (C=O) groups excluding carboxylic acids is 2. The highest BCUT2D eigenvalue weighted by molar-refractivity contribution is 5.88. The fourth-order valence-corrected chi connectivity index (χ4v) is 5.44. The normalized spacial score (nSPS) is 21.9. The molecule has 2 saturated heterocycles. The van der Waals surface area contributed by atoms with E-state index in [9.17, 15) is 18.4 Å². The van der Waals surface area contributed by atoms with Crippen LogP contribution < -0.4 is 15.5 Å². The molecule has 4 rings (SSSR count). The lowest BCUT2D eigenvalue weighted by Gasteiger charge is -2.38. The Kier molecular flexibility index (Phi) is 9.08. The number of aromatic nitrogens is 1. The Balaban J connectivity index is 1.39. The van der Waals surface area contributed by atoms with Gasteiger partial charge in [0.05, 0.1) is 6.54 Å². The molecule has 1 aromatic heterocycles. The van der Waals surface area contributed by atoms with Crippen LogP contribution in [0.4, 0.5) is 14.5 Å². The maximum absolute atomic E-state index is 13.9. The molecule has 7 nitrogen and oxygen atoms in total. The summed E-state index contributed by atoms with van der Waals surface area (Å²) in [6.45, 7) is 6.02. The molecule has 9 heteroatoms. The van der Waals surface area contributed by atoms with E-state index in [2.05, 4.69) is 39.3 Å². The van der Waals surface area contributed by atoms with Crippen molar-refractivity contribution >= 4 is 17.5 Å². The average Bonchev–Trinajstić information content (AvgIpc) is 2.89. The first kappa shape index (κ1) is 27.0. The van der Waals surface area contributed by atoms with E-state index in [0.29, 0.717) is 17.6 Å². The molecule has 3 atom stereocenters. The molecule has 0 radical (unpaired) electrons. The summed E-state index contributed by atoms with van der Waals surface area (Å²) in [6.07, 6.45) is 8.35. The third-order valence-electron chi connectivity index (χ3n) is 7.65. The first-order chi connectivity index (χ1) is 17.8. The highest BCUT2D eigenvalue weighted by Gasteiger charge is 2.30. The summed E-state index contributed by atoms with van der Waals surface area (Å²) in [4.78, 5) is 34.9. The second kappa shape index (κ2) is 12.4. The Labute approximate surface area is 217 Å². The lowest BCUT2D eigenvalue weighted by atomic mass is 9.97. The summed E-state index contributed by atoms with van der Waals surface area (Å²) in [7, 11) is 0. The number of likely N-dealkylation sites (tertiary alicyclic amines) is 1. The van der Waals surface area contributed by atoms with Crippen LogP contribution in [0.3, 0.4) is 0 Å². The van der Waals surface area contributed by atoms with Crippen LogP contribution in [-0.4, -0.2) is 65.5 Å². The van der Waals surface area contributed by atoms with Crippen molar-refractivity contribution in [3.8, 4) is 0 Å². The Bertz CT molecular complexity index is 1050. The van der Waals surface area contributed by atoms with Crippen LogP contribution in [0.2, 0.25) is 0 Å². The highest BCUT2D eigenvalue weighted by Crippen LogP contribution is 2.22. The van der Waals surface area contributed by atoms with Crippen molar-refractivity contribution in [2.75, 3.05) is 24.5 Å². The molecule has 1 aromatic carbocycles. The standard InChI is InChI=1S/C28H37F2N5O2/c1-19-4-3-5-20(2)35(19)18-27(36)33-26(17-21-6-7-24(29)25(30)16-21)28(37)32-22-10-14-34(15-11-22)23-8-12-31-13-9-23/h6-9,12-13,16,19-20,22,26H,3-5,10-11,14-15,17-18H2,1-2H3,(H,32,37)(H,33,36)/t19-,20+,26-/m0/s1. The number of hydrogen-bond donors (Lipinski definition) is 2. The lowest BCUT2D eigenvalue weighted by molar-refractivity contribution is -0.130. The second-order valence-electron chi connectivity index (χ2n) is 10.3. The summed E-state index contributed by atoms with van der Waals surface area (Å²) in [6, 6.07) is 7.19. The van der Waals surface area contributed by atoms with Gasteiger partial charge in [-0.3, -0.25) is 19.5 Å². The Morgan fingerprint density at radius 2 is 1.68 bits per heavy atom. The number of rotatable bonds is 8. The number of halogens is 2. The van der Waals surface area contributed by atoms with E-state index in [0.717, 1.165) is 63.0 Å². The van der Waals surface area contributed by atoms with Gasteiger partial charge in [-0.15, -0.1) is 0 Å². The molecule has 0 spiro atoms. The molecular formula is C28H37F2N5O2. The van der Waals surface area contributed by atoms with Crippen molar-refractivity contribution in [3.63, 3.8) is 0 Å². The molecule has 2 aliphatic rings.